The number of halogens is 1. The van der Waals surface area contributed by atoms with Gasteiger partial charge in [-0.3, -0.25) is 4.79 Å². The molecule has 2 aliphatic heterocycles. The van der Waals surface area contributed by atoms with Gasteiger partial charge in [0.1, 0.15) is 11.7 Å². The van der Waals surface area contributed by atoms with Crippen LogP contribution in [0.15, 0.2) is 12.3 Å². The first-order chi connectivity index (χ1) is 12.1. The molecular weight excluding hydrogens is 356 g/mol. The molecule has 2 bridgehead atoms. The van der Waals surface area contributed by atoms with Crippen molar-refractivity contribution in [1.29, 1.82) is 0 Å². The number of fused-ring (bicyclic) bond motifs is 2. The molecule has 0 aliphatic carbocycles. The lowest BCUT2D eigenvalue weighted by Crippen LogP contribution is -2.50. The largest absolute Gasteiger partial charge is 0.474 e. The Hall–Kier alpha value is -1.82. The first kappa shape index (κ1) is 19.0. The molecule has 26 heavy (non-hydrogen) atoms. The van der Waals surface area contributed by atoms with E-state index in [1.807, 2.05) is 25.7 Å². The second-order valence-corrected chi connectivity index (χ2v) is 8.45. The van der Waals surface area contributed by atoms with E-state index in [1.54, 1.807) is 6.07 Å². The van der Waals surface area contributed by atoms with Crippen molar-refractivity contribution in [3.8, 4) is 5.88 Å². The molecule has 7 heteroatoms. The molecule has 3 atom stereocenters. The van der Waals surface area contributed by atoms with Crippen LogP contribution >= 0.6 is 11.6 Å². The second-order valence-electron chi connectivity index (χ2n) is 8.04. The van der Waals surface area contributed by atoms with E-state index in [2.05, 4.69) is 4.98 Å². The zero-order chi connectivity index (χ0) is 19.1. The van der Waals surface area contributed by atoms with Crippen molar-refractivity contribution in [3.05, 3.63) is 22.8 Å². The number of ether oxygens (including phenoxy) is 2. The van der Waals surface area contributed by atoms with Gasteiger partial charge < -0.3 is 14.4 Å². The number of carbonyl (C=O) groups is 2. The fourth-order valence-electron chi connectivity index (χ4n) is 3.76. The Morgan fingerprint density at radius 3 is 2.38 bits per heavy atom. The number of pyridine rings is 1. The minimum Gasteiger partial charge on any atom is -0.474 e. The van der Waals surface area contributed by atoms with Crippen molar-refractivity contribution >= 4 is 23.5 Å². The van der Waals surface area contributed by atoms with E-state index in [0.29, 0.717) is 16.5 Å². The zero-order valence-electron chi connectivity index (χ0n) is 15.6. The van der Waals surface area contributed by atoms with Crippen LogP contribution in [0.2, 0.25) is 5.02 Å². The van der Waals surface area contributed by atoms with Crippen LogP contribution in [0.4, 0.5) is 4.79 Å². The summed E-state index contributed by atoms with van der Waals surface area (Å²) in [6.45, 7) is 7.09. The number of nitrogens with zero attached hydrogens (tertiary/aromatic N) is 2. The quantitative estimate of drug-likeness (QED) is 0.733. The summed E-state index contributed by atoms with van der Waals surface area (Å²) in [4.78, 5) is 30.2. The Labute approximate surface area is 158 Å². The van der Waals surface area contributed by atoms with Crippen molar-refractivity contribution in [3.63, 3.8) is 0 Å². The second kappa shape index (κ2) is 7.06. The van der Waals surface area contributed by atoms with Crippen molar-refractivity contribution in [1.82, 2.24) is 9.88 Å². The van der Waals surface area contributed by atoms with Gasteiger partial charge in [-0.05, 0) is 40.5 Å². The summed E-state index contributed by atoms with van der Waals surface area (Å²) in [7, 11) is 0. The number of amides is 1. The lowest BCUT2D eigenvalue weighted by molar-refractivity contribution is -0.00762. The highest BCUT2D eigenvalue weighted by atomic mass is 35.5. The molecule has 2 saturated heterocycles. The molecule has 142 valence electrons. The van der Waals surface area contributed by atoms with Crippen LogP contribution < -0.4 is 4.74 Å². The summed E-state index contributed by atoms with van der Waals surface area (Å²) in [6.07, 6.45) is 4.53. The van der Waals surface area contributed by atoms with Crippen molar-refractivity contribution < 1.29 is 19.1 Å². The van der Waals surface area contributed by atoms with Crippen molar-refractivity contribution in [2.45, 2.75) is 77.2 Å². The molecule has 1 unspecified atom stereocenters. The highest BCUT2D eigenvalue weighted by Crippen LogP contribution is 2.38. The van der Waals surface area contributed by atoms with E-state index in [4.69, 9.17) is 21.1 Å². The predicted octanol–water partition coefficient (Wildman–Crippen LogP) is 4.25. The maximum Gasteiger partial charge on any atom is 0.410 e. The molecule has 0 spiro atoms. The van der Waals surface area contributed by atoms with E-state index in [-0.39, 0.29) is 30.1 Å². The van der Waals surface area contributed by atoms with Crippen LogP contribution in [0.25, 0.3) is 0 Å². The van der Waals surface area contributed by atoms with E-state index in [0.717, 1.165) is 25.7 Å². The third-order valence-corrected chi connectivity index (χ3v) is 5.09. The molecule has 1 amide bonds. The first-order valence-corrected chi connectivity index (χ1v) is 9.36. The smallest absolute Gasteiger partial charge is 0.410 e. The number of ketones is 1. The van der Waals surface area contributed by atoms with E-state index in [9.17, 15) is 9.59 Å². The molecule has 0 saturated carbocycles. The number of carbonyl (C=O) groups excluding carboxylic acids is 2. The average Bonchev–Trinajstić information content (AvgIpc) is 2.79. The van der Waals surface area contributed by atoms with Crippen LogP contribution in [0.3, 0.4) is 0 Å². The van der Waals surface area contributed by atoms with Crippen LogP contribution in [0.1, 0.15) is 63.7 Å². The Kier molecular flexibility index (Phi) is 5.15. The van der Waals surface area contributed by atoms with Crippen LogP contribution in [-0.4, -0.2) is 45.5 Å². The summed E-state index contributed by atoms with van der Waals surface area (Å²) >= 11 is 6.00. The molecule has 2 aliphatic rings. The van der Waals surface area contributed by atoms with E-state index < -0.39 is 5.60 Å². The highest BCUT2D eigenvalue weighted by molar-refractivity contribution is 6.33. The predicted molar refractivity (Wildman–Crippen MR) is 97.8 cm³/mol. The fraction of sp³-hybridized carbons (Fsp3) is 0.632. The Balaban J connectivity index is 1.67. The summed E-state index contributed by atoms with van der Waals surface area (Å²) in [6, 6.07) is 1.83. The van der Waals surface area contributed by atoms with Gasteiger partial charge in [0.05, 0.1) is 11.2 Å². The molecule has 1 aromatic rings. The maximum absolute atomic E-state index is 12.5. The highest BCUT2D eigenvalue weighted by Gasteiger charge is 2.45. The molecule has 0 radical (unpaired) electrons. The lowest BCUT2D eigenvalue weighted by Gasteiger charge is -2.39. The van der Waals surface area contributed by atoms with Gasteiger partial charge in [0.2, 0.25) is 5.88 Å². The molecule has 0 N–H and O–H groups in total. The third-order valence-electron chi connectivity index (χ3n) is 4.79. The van der Waals surface area contributed by atoms with E-state index in [1.165, 1.54) is 13.1 Å². The monoisotopic (exact) mass is 380 g/mol. The van der Waals surface area contributed by atoms with Gasteiger partial charge in [0.15, 0.2) is 5.78 Å². The van der Waals surface area contributed by atoms with Gasteiger partial charge in [-0.15, -0.1) is 0 Å². The molecular formula is C19H25ClN2O4. The number of hydrogen-bond acceptors (Lipinski definition) is 5. The Morgan fingerprint density at radius 1 is 1.23 bits per heavy atom. The zero-order valence-corrected chi connectivity index (χ0v) is 16.4. The van der Waals surface area contributed by atoms with Gasteiger partial charge >= 0.3 is 6.09 Å². The number of aromatic nitrogens is 1. The molecule has 3 heterocycles. The van der Waals surface area contributed by atoms with E-state index >= 15 is 0 Å². The molecule has 3 rings (SSSR count). The molecule has 1 aromatic heterocycles. The van der Waals surface area contributed by atoms with Gasteiger partial charge in [-0.1, -0.05) is 11.6 Å². The number of hydrogen-bond donors (Lipinski definition) is 0. The lowest BCUT2D eigenvalue weighted by atomic mass is 10.00. The maximum atomic E-state index is 12.5. The van der Waals surface area contributed by atoms with Crippen molar-refractivity contribution in [2.75, 3.05) is 0 Å². The first-order valence-electron chi connectivity index (χ1n) is 8.98. The van der Waals surface area contributed by atoms with Gasteiger partial charge in [0, 0.05) is 36.6 Å². The number of Topliss-reactive ketones (excluding diaryl/α,β-unsaturated/α-hetero) is 1. The van der Waals surface area contributed by atoms with Crippen LogP contribution in [0, 0.1) is 0 Å². The third kappa shape index (κ3) is 4.11. The standard InChI is InChI=1S/C19H25ClN2O4/c1-11(23)15-9-17(21-10-16(15)20)25-14-7-12-5-6-13(8-14)22(12)18(24)26-19(2,3)4/h9-10,12-14H,5-8H2,1-4H3/t12-,13+,14?. The molecule has 2 fully saturated rings. The normalized spacial score (nSPS) is 25.1. The minimum absolute atomic E-state index is 0.0420. The summed E-state index contributed by atoms with van der Waals surface area (Å²) in [5.74, 6) is 0.275. The van der Waals surface area contributed by atoms with Crippen LogP contribution in [0.5, 0.6) is 5.88 Å². The summed E-state index contributed by atoms with van der Waals surface area (Å²) < 4.78 is 11.6. The Bertz CT molecular complexity index is 702. The minimum atomic E-state index is -0.500. The SMILES string of the molecule is CC(=O)c1cc(OC2C[C@H]3CC[C@@H](C2)N3C(=O)OC(C)(C)C)ncc1Cl. The van der Waals surface area contributed by atoms with Crippen molar-refractivity contribution in [2.24, 2.45) is 0 Å². The topological polar surface area (TPSA) is 68.7 Å². The fourth-order valence-corrected chi connectivity index (χ4v) is 4.00. The van der Waals surface area contributed by atoms with Crippen LogP contribution in [-0.2, 0) is 4.74 Å². The Morgan fingerprint density at radius 2 is 1.85 bits per heavy atom. The molecule has 6 nitrogen and oxygen atoms in total. The number of rotatable bonds is 3. The average molecular weight is 381 g/mol. The summed E-state index contributed by atoms with van der Waals surface area (Å²) in [5.41, 5.74) is -0.0916. The number of piperidine rings is 1. The molecule has 0 aromatic carbocycles. The van der Waals surface area contributed by atoms with Gasteiger partial charge in [-0.25, -0.2) is 9.78 Å². The van der Waals surface area contributed by atoms with Gasteiger partial charge in [-0.2, -0.15) is 0 Å². The van der Waals surface area contributed by atoms with Gasteiger partial charge in [0.25, 0.3) is 0 Å². The summed E-state index contributed by atoms with van der Waals surface area (Å²) in [5, 5.41) is 0.324.